The van der Waals surface area contributed by atoms with E-state index in [2.05, 4.69) is 4.98 Å². The molecule has 92 valence electrons. The van der Waals surface area contributed by atoms with Gasteiger partial charge in [0.05, 0.1) is 16.7 Å². The van der Waals surface area contributed by atoms with Crippen LogP contribution in [0.3, 0.4) is 0 Å². The lowest BCUT2D eigenvalue weighted by Crippen LogP contribution is -2.03. The molecule has 1 aromatic heterocycles. The van der Waals surface area contributed by atoms with Crippen LogP contribution in [0.1, 0.15) is 17.4 Å². The van der Waals surface area contributed by atoms with Gasteiger partial charge in [-0.15, -0.1) is 0 Å². The Hall–Kier alpha value is -2.27. The normalized spacial score (nSPS) is 12.1. The zero-order valence-electron chi connectivity index (χ0n) is 9.56. The Morgan fingerprint density at radius 2 is 2.00 bits per heavy atom. The van der Waals surface area contributed by atoms with Gasteiger partial charge in [0.25, 0.3) is 5.69 Å². The Bertz CT molecular complexity index is 543. The van der Waals surface area contributed by atoms with Gasteiger partial charge in [-0.3, -0.25) is 15.1 Å². The molecule has 1 unspecified atom stereocenters. The second kappa shape index (κ2) is 5.37. The summed E-state index contributed by atoms with van der Waals surface area (Å²) in [4.78, 5) is 14.2. The lowest BCUT2D eigenvalue weighted by molar-refractivity contribution is -0.385. The number of aromatic nitrogens is 1. The van der Waals surface area contributed by atoms with Crippen LogP contribution in [0.5, 0.6) is 0 Å². The number of pyridine rings is 1. The van der Waals surface area contributed by atoms with Crippen molar-refractivity contribution in [1.82, 2.24) is 4.98 Å². The van der Waals surface area contributed by atoms with Crippen molar-refractivity contribution in [3.63, 3.8) is 0 Å². The molecule has 1 atom stereocenters. The predicted molar refractivity (Wildman–Crippen MR) is 66.0 cm³/mol. The molecule has 0 fully saturated rings. The summed E-state index contributed by atoms with van der Waals surface area (Å²) in [6, 6.07) is 11.9. The van der Waals surface area contributed by atoms with E-state index in [1.807, 2.05) is 30.3 Å². The molecule has 0 bridgehead atoms. The van der Waals surface area contributed by atoms with E-state index < -0.39 is 11.0 Å². The summed E-state index contributed by atoms with van der Waals surface area (Å²) in [6.07, 6.45) is 0.928. The van der Waals surface area contributed by atoms with Gasteiger partial charge in [-0.05, 0) is 5.56 Å². The second-order valence-electron chi connectivity index (χ2n) is 3.89. The summed E-state index contributed by atoms with van der Waals surface area (Å²) in [7, 11) is 0. The van der Waals surface area contributed by atoms with Gasteiger partial charge in [-0.1, -0.05) is 30.3 Å². The highest BCUT2D eigenvalue weighted by atomic mass is 16.6. The van der Waals surface area contributed by atoms with Crippen molar-refractivity contribution in [2.24, 2.45) is 0 Å². The van der Waals surface area contributed by atoms with Crippen LogP contribution in [-0.4, -0.2) is 15.0 Å². The molecule has 0 spiro atoms. The first-order chi connectivity index (χ1) is 8.66. The SMILES string of the molecule is O=[N+]([O-])c1ccnc(CC(O)c2ccccc2)c1. The molecule has 0 aliphatic rings. The highest BCUT2D eigenvalue weighted by Crippen LogP contribution is 2.19. The van der Waals surface area contributed by atoms with Crippen molar-refractivity contribution in [2.75, 3.05) is 0 Å². The minimum absolute atomic E-state index is 0.0136. The fourth-order valence-corrected chi connectivity index (χ4v) is 1.68. The fraction of sp³-hybridized carbons (Fsp3) is 0.154. The molecule has 0 saturated carbocycles. The average Bonchev–Trinajstić information content (AvgIpc) is 2.40. The Labute approximate surface area is 104 Å². The average molecular weight is 244 g/mol. The number of nitro groups is 1. The maximum Gasteiger partial charge on any atom is 0.272 e. The third kappa shape index (κ3) is 2.89. The van der Waals surface area contributed by atoms with Gasteiger partial charge in [-0.2, -0.15) is 0 Å². The van der Waals surface area contributed by atoms with Crippen molar-refractivity contribution >= 4 is 5.69 Å². The van der Waals surface area contributed by atoms with Gasteiger partial charge in [0.1, 0.15) is 0 Å². The van der Waals surface area contributed by atoms with E-state index in [-0.39, 0.29) is 12.1 Å². The third-order valence-corrected chi connectivity index (χ3v) is 2.60. The van der Waals surface area contributed by atoms with Crippen LogP contribution >= 0.6 is 0 Å². The minimum Gasteiger partial charge on any atom is -0.388 e. The number of rotatable bonds is 4. The molecule has 0 aliphatic heterocycles. The van der Waals surface area contributed by atoms with Crippen LogP contribution < -0.4 is 0 Å². The number of aliphatic hydroxyl groups is 1. The maximum absolute atomic E-state index is 10.6. The lowest BCUT2D eigenvalue weighted by atomic mass is 10.0. The van der Waals surface area contributed by atoms with Crippen molar-refractivity contribution in [3.8, 4) is 0 Å². The maximum atomic E-state index is 10.6. The largest absolute Gasteiger partial charge is 0.388 e. The van der Waals surface area contributed by atoms with Crippen LogP contribution in [0.25, 0.3) is 0 Å². The lowest BCUT2D eigenvalue weighted by Gasteiger charge is -2.09. The third-order valence-electron chi connectivity index (χ3n) is 2.60. The van der Waals surface area contributed by atoms with Crippen LogP contribution in [0.15, 0.2) is 48.7 Å². The molecule has 0 amide bonds. The zero-order chi connectivity index (χ0) is 13.0. The molecule has 2 aromatic rings. The number of nitrogens with zero attached hydrogens (tertiary/aromatic N) is 2. The molecule has 2 rings (SSSR count). The summed E-state index contributed by atoms with van der Waals surface area (Å²) in [6.45, 7) is 0. The van der Waals surface area contributed by atoms with Crippen molar-refractivity contribution < 1.29 is 10.0 Å². The zero-order valence-corrected chi connectivity index (χ0v) is 9.56. The molecule has 5 nitrogen and oxygen atoms in total. The second-order valence-corrected chi connectivity index (χ2v) is 3.89. The fourth-order valence-electron chi connectivity index (χ4n) is 1.68. The summed E-state index contributed by atoms with van der Waals surface area (Å²) in [5, 5.41) is 20.6. The Morgan fingerprint density at radius 1 is 1.28 bits per heavy atom. The number of benzene rings is 1. The predicted octanol–water partition coefficient (Wildman–Crippen LogP) is 2.27. The molecular weight excluding hydrogens is 232 g/mol. The minimum atomic E-state index is -0.708. The van der Waals surface area contributed by atoms with E-state index in [1.165, 1.54) is 18.3 Å². The molecule has 1 N–H and O–H groups in total. The topological polar surface area (TPSA) is 76.3 Å². The summed E-state index contributed by atoms with van der Waals surface area (Å²) >= 11 is 0. The van der Waals surface area contributed by atoms with Gasteiger partial charge in [-0.25, -0.2) is 0 Å². The summed E-state index contributed by atoms with van der Waals surface area (Å²) < 4.78 is 0. The molecule has 5 heteroatoms. The Morgan fingerprint density at radius 3 is 2.67 bits per heavy atom. The molecule has 1 heterocycles. The molecular formula is C13H12N2O3. The quantitative estimate of drug-likeness (QED) is 0.661. The van der Waals surface area contributed by atoms with Crippen LogP contribution in [-0.2, 0) is 6.42 Å². The van der Waals surface area contributed by atoms with Crippen molar-refractivity contribution in [1.29, 1.82) is 0 Å². The first-order valence-electron chi connectivity index (χ1n) is 5.49. The van der Waals surface area contributed by atoms with Gasteiger partial charge in [0, 0.05) is 24.8 Å². The van der Waals surface area contributed by atoms with E-state index in [9.17, 15) is 15.2 Å². The van der Waals surface area contributed by atoms with E-state index >= 15 is 0 Å². The molecule has 0 radical (unpaired) electrons. The van der Waals surface area contributed by atoms with E-state index in [4.69, 9.17) is 0 Å². The highest BCUT2D eigenvalue weighted by Gasteiger charge is 2.12. The Balaban J connectivity index is 2.14. The molecule has 18 heavy (non-hydrogen) atoms. The van der Waals surface area contributed by atoms with Crippen molar-refractivity contribution in [2.45, 2.75) is 12.5 Å². The van der Waals surface area contributed by atoms with Crippen LogP contribution in [0.4, 0.5) is 5.69 Å². The summed E-state index contributed by atoms with van der Waals surface area (Å²) in [5.74, 6) is 0. The Kier molecular flexibility index (Phi) is 3.64. The highest BCUT2D eigenvalue weighted by molar-refractivity contribution is 5.30. The first-order valence-corrected chi connectivity index (χ1v) is 5.49. The number of hydrogen-bond donors (Lipinski definition) is 1. The number of aliphatic hydroxyl groups excluding tert-OH is 1. The van der Waals surface area contributed by atoms with Gasteiger partial charge >= 0.3 is 0 Å². The first kappa shape index (κ1) is 12.2. The molecule has 1 aromatic carbocycles. The van der Waals surface area contributed by atoms with Gasteiger partial charge < -0.3 is 5.11 Å². The molecule has 0 saturated heterocycles. The van der Waals surface area contributed by atoms with Gasteiger partial charge in [0.2, 0.25) is 0 Å². The van der Waals surface area contributed by atoms with Crippen LogP contribution in [0, 0.1) is 10.1 Å². The molecule has 0 aliphatic carbocycles. The van der Waals surface area contributed by atoms with E-state index in [0.29, 0.717) is 5.69 Å². The van der Waals surface area contributed by atoms with Gasteiger partial charge in [0.15, 0.2) is 0 Å². The number of hydrogen-bond acceptors (Lipinski definition) is 4. The standard InChI is InChI=1S/C13H12N2O3/c16-13(10-4-2-1-3-5-10)9-11-8-12(15(17)18)6-7-14-11/h1-8,13,16H,9H2. The smallest absolute Gasteiger partial charge is 0.272 e. The van der Waals surface area contributed by atoms with Crippen molar-refractivity contribution in [3.05, 3.63) is 70.0 Å². The van der Waals surface area contributed by atoms with E-state index in [1.54, 1.807) is 0 Å². The van der Waals surface area contributed by atoms with Crippen LogP contribution in [0.2, 0.25) is 0 Å². The monoisotopic (exact) mass is 244 g/mol. The summed E-state index contributed by atoms with van der Waals surface area (Å²) in [5.41, 5.74) is 1.26. The van der Waals surface area contributed by atoms with E-state index in [0.717, 1.165) is 5.56 Å².